The second-order valence-electron chi connectivity index (χ2n) is 9.86. The van der Waals surface area contributed by atoms with Crippen molar-refractivity contribution in [1.29, 1.82) is 0 Å². The lowest BCUT2D eigenvalue weighted by Crippen LogP contribution is -2.46. The minimum atomic E-state index is -0.332. The highest BCUT2D eigenvalue weighted by molar-refractivity contribution is 6.51. The number of hydrogen-bond donors (Lipinski definition) is 1. The summed E-state index contributed by atoms with van der Waals surface area (Å²) in [7, 11) is 0. The summed E-state index contributed by atoms with van der Waals surface area (Å²) in [5, 5.41) is 8.31. The van der Waals surface area contributed by atoms with Gasteiger partial charge in [-0.25, -0.2) is 19.1 Å². The van der Waals surface area contributed by atoms with Gasteiger partial charge in [0.25, 0.3) is 0 Å². The molecular formula is C33H27FN6O. The van der Waals surface area contributed by atoms with Crippen LogP contribution in [0.5, 0.6) is 5.75 Å². The van der Waals surface area contributed by atoms with Crippen LogP contribution in [0.15, 0.2) is 113 Å². The standard InChI is InChI=1S/C33H27FN6O/c1-3-41-26-18-16-22(17-19-26)30-29-21(2)38-40(25-12-5-4-6-13-25)32(29)37-33-31(35-24-11-9-10-23(34)20-24)36-27-14-7-8-15-28(27)39(30)33/h4-20,30H,3H2,1-2H3,(H,35,36)/t30-/m0/s1. The fourth-order valence-electron chi connectivity index (χ4n) is 5.48. The van der Waals surface area contributed by atoms with Crippen molar-refractivity contribution in [2.24, 2.45) is 9.98 Å². The number of para-hydroxylation sites is 3. The molecule has 2 aliphatic heterocycles. The van der Waals surface area contributed by atoms with E-state index in [2.05, 4.69) is 28.4 Å². The van der Waals surface area contributed by atoms with Gasteiger partial charge in [-0.1, -0.05) is 48.5 Å². The maximum Gasteiger partial charge on any atom is 0.179 e. The van der Waals surface area contributed by atoms with Crippen molar-refractivity contribution in [1.82, 2.24) is 9.78 Å². The number of fused-ring (bicyclic) bond motifs is 4. The maximum atomic E-state index is 14.2. The molecule has 2 aliphatic rings. The minimum absolute atomic E-state index is 0.258. The first-order chi connectivity index (χ1) is 20.1. The molecule has 8 heteroatoms. The number of benzene rings is 4. The third-order valence-corrected chi connectivity index (χ3v) is 7.23. The quantitative estimate of drug-likeness (QED) is 0.250. The molecule has 0 spiro atoms. The lowest BCUT2D eigenvalue weighted by atomic mass is 9.93. The normalized spacial score (nSPS) is 15.3. The number of aliphatic imine (C=N–C) groups is 2. The number of hydrogen-bond acceptors (Lipinski definition) is 6. The molecule has 202 valence electrons. The van der Waals surface area contributed by atoms with Gasteiger partial charge in [0.1, 0.15) is 11.6 Å². The molecule has 4 aromatic carbocycles. The summed E-state index contributed by atoms with van der Waals surface area (Å²) in [6.07, 6.45) is 0. The van der Waals surface area contributed by atoms with Crippen LogP contribution < -0.4 is 15.0 Å². The summed E-state index contributed by atoms with van der Waals surface area (Å²) in [6.45, 7) is 4.59. The first kappa shape index (κ1) is 24.8. The van der Waals surface area contributed by atoms with Crippen molar-refractivity contribution < 1.29 is 9.13 Å². The van der Waals surface area contributed by atoms with Crippen molar-refractivity contribution >= 4 is 34.6 Å². The van der Waals surface area contributed by atoms with Gasteiger partial charge in [-0.15, -0.1) is 0 Å². The van der Waals surface area contributed by atoms with Crippen molar-refractivity contribution in [3.63, 3.8) is 0 Å². The molecule has 0 saturated heterocycles. The molecular weight excluding hydrogens is 515 g/mol. The Labute approximate surface area is 237 Å². The van der Waals surface area contributed by atoms with Crippen molar-refractivity contribution in [3.05, 3.63) is 126 Å². The third kappa shape index (κ3) is 4.34. The number of aryl methyl sites for hydroxylation is 1. The molecule has 0 unspecified atom stereocenters. The molecule has 0 saturated carbocycles. The van der Waals surface area contributed by atoms with Crippen LogP contribution in [0, 0.1) is 12.7 Å². The van der Waals surface area contributed by atoms with Crippen LogP contribution in [0.25, 0.3) is 5.69 Å². The molecule has 41 heavy (non-hydrogen) atoms. The van der Waals surface area contributed by atoms with E-state index in [-0.39, 0.29) is 11.9 Å². The summed E-state index contributed by atoms with van der Waals surface area (Å²) in [6, 6.07) is 32.3. The molecule has 1 atom stereocenters. The number of aromatic nitrogens is 2. The van der Waals surface area contributed by atoms with Gasteiger partial charge < -0.3 is 15.0 Å². The molecule has 0 radical (unpaired) electrons. The van der Waals surface area contributed by atoms with Crippen molar-refractivity contribution in [2.75, 3.05) is 16.8 Å². The lowest BCUT2D eigenvalue weighted by molar-refractivity contribution is 0.340. The first-order valence-corrected chi connectivity index (χ1v) is 13.6. The second-order valence-corrected chi connectivity index (χ2v) is 9.86. The molecule has 0 fully saturated rings. The van der Waals surface area contributed by atoms with Crippen molar-refractivity contribution in [3.8, 4) is 11.4 Å². The Morgan fingerprint density at radius 2 is 1.66 bits per heavy atom. The average Bonchev–Trinajstić information content (AvgIpc) is 3.33. The molecule has 0 aliphatic carbocycles. The van der Waals surface area contributed by atoms with Crippen LogP contribution in [-0.2, 0) is 0 Å². The predicted molar refractivity (Wildman–Crippen MR) is 161 cm³/mol. The second kappa shape index (κ2) is 10.1. The number of ether oxygens (including phenoxy) is 1. The molecule has 7 nitrogen and oxygen atoms in total. The number of nitrogens with zero attached hydrogens (tertiary/aromatic N) is 5. The van der Waals surface area contributed by atoms with Crippen LogP contribution in [0.2, 0.25) is 0 Å². The largest absolute Gasteiger partial charge is 0.494 e. The van der Waals surface area contributed by atoms with Gasteiger partial charge in [0, 0.05) is 11.3 Å². The Hall–Kier alpha value is -5.24. The van der Waals surface area contributed by atoms with E-state index in [4.69, 9.17) is 19.8 Å². The number of anilines is 2. The van der Waals surface area contributed by atoms with Crippen LogP contribution in [0.3, 0.4) is 0 Å². The van der Waals surface area contributed by atoms with Gasteiger partial charge in [-0.3, -0.25) is 0 Å². The molecule has 3 heterocycles. The highest BCUT2D eigenvalue weighted by Crippen LogP contribution is 2.48. The van der Waals surface area contributed by atoms with Crippen LogP contribution in [0.1, 0.15) is 29.8 Å². The van der Waals surface area contributed by atoms with Gasteiger partial charge in [0.05, 0.1) is 35.4 Å². The minimum Gasteiger partial charge on any atom is -0.494 e. The van der Waals surface area contributed by atoms with E-state index in [9.17, 15) is 4.39 Å². The predicted octanol–water partition coefficient (Wildman–Crippen LogP) is 7.51. The number of amidine groups is 2. The summed E-state index contributed by atoms with van der Waals surface area (Å²) >= 11 is 0. The van der Waals surface area contributed by atoms with Crippen LogP contribution >= 0.6 is 0 Å². The molecule has 0 amide bonds. The Bertz CT molecular complexity index is 1810. The van der Waals surface area contributed by atoms with E-state index in [0.29, 0.717) is 24.0 Å². The zero-order valence-corrected chi connectivity index (χ0v) is 22.6. The molecule has 5 aromatic rings. The Balaban J connectivity index is 1.47. The monoisotopic (exact) mass is 542 g/mol. The van der Waals surface area contributed by atoms with Gasteiger partial charge in [-0.05, 0) is 74.0 Å². The lowest BCUT2D eigenvalue weighted by Gasteiger charge is -2.40. The molecule has 7 rings (SSSR count). The average molecular weight is 543 g/mol. The topological polar surface area (TPSA) is 67.0 Å². The Morgan fingerprint density at radius 1 is 0.878 bits per heavy atom. The summed E-state index contributed by atoms with van der Waals surface area (Å²) < 4.78 is 21.8. The fraction of sp³-hybridized carbons (Fsp3) is 0.121. The Kier molecular flexibility index (Phi) is 6.08. The zero-order chi connectivity index (χ0) is 27.9. The Morgan fingerprint density at radius 3 is 2.44 bits per heavy atom. The third-order valence-electron chi connectivity index (χ3n) is 7.23. The van der Waals surface area contributed by atoms with Gasteiger partial charge in [-0.2, -0.15) is 5.10 Å². The number of nitrogens with one attached hydrogen (secondary N) is 1. The van der Waals surface area contributed by atoms with E-state index in [1.54, 1.807) is 6.07 Å². The molecule has 1 N–H and O–H groups in total. The number of halogens is 1. The van der Waals surface area contributed by atoms with Gasteiger partial charge >= 0.3 is 0 Å². The van der Waals surface area contributed by atoms with E-state index >= 15 is 0 Å². The van der Waals surface area contributed by atoms with E-state index in [1.807, 2.05) is 85.3 Å². The SMILES string of the molecule is CCOc1ccc([C@H]2c3c(C)nn(-c4ccccc4)c3N=C3C(Nc4cccc(F)c4)=Nc4ccccc4N32)cc1. The van der Waals surface area contributed by atoms with Crippen LogP contribution in [0.4, 0.5) is 27.3 Å². The summed E-state index contributed by atoms with van der Waals surface area (Å²) in [4.78, 5) is 12.4. The van der Waals surface area contributed by atoms with Crippen molar-refractivity contribution in [2.45, 2.75) is 19.9 Å². The molecule has 1 aromatic heterocycles. The van der Waals surface area contributed by atoms with E-state index in [1.165, 1.54) is 12.1 Å². The summed E-state index contributed by atoms with van der Waals surface area (Å²) in [5.74, 6) is 2.35. The highest BCUT2D eigenvalue weighted by Gasteiger charge is 2.41. The van der Waals surface area contributed by atoms with Gasteiger partial charge in [0.2, 0.25) is 0 Å². The van der Waals surface area contributed by atoms with E-state index < -0.39 is 0 Å². The smallest absolute Gasteiger partial charge is 0.179 e. The van der Waals surface area contributed by atoms with Gasteiger partial charge in [0.15, 0.2) is 17.5 Å². The molecule has 0 bridgehead atoms. The maximum absolute atomic E-state index is 14.2. The zero-order valence-electron chi connectivity index (χ0n) is 22.6. The summed E-state index contributed by atoms with van der Waals surface area (Å²) in [5.41, 5.74) is 6.15. The first-order valence-electron chi connectivity index (χ1n) is 13.6. The highest BCUT2D eigenvalue weighted by atomic mass is 19.1. The number of rotatable bonds is 5. The van der Waals surface area contributed by atoms with Crippen LogP contribution in [-0.4, -0.2) is 28.1 Å². The fourth-order valence-corrected chi connectivity index (χ4v) is 5.48. The van der Waals surface area contributed by atoms with E-state index in [0.717, 1.165) is 45.5 Å².